The second-order valence-electron chi connectivity index (χ2n) is 10.9. The molecule has 0 aliphatic carbocycles. The van der Waals surface area contributed by atoms with Crippen LogP contribution in [0.1, 0.15) is 127 Å². The van der Waals surface area contributed by atoms with Crippen molar-refractivity contribution in [3.63, 3.8) is 0 Å². The van der Waals surface area contributed by atoms with Gasteiger partial charge in [0.25, 0.3) is 0 Å². The maximum atomic E-state index is 2.48. The molecule has 2 aromatic heterocycles. The lowest BCUT2D eigenvalue weighted by Crippen LogP contribution is -1.87. The smallest absolute Gasteiger partial charge is 0.0438 e. The number of thiophene rings is 2. The average Bonchev–Trinajstić information content (AvgIpc) is 3.48. The molecule has 0 aliphatic rings. The van der Waals surface area contributed by atoms with E-state index in [0.717, 1.165) is 0 Å². The molecule has 2 heterocycles. The molecule has 196 valence electrons. The van der Waals surface area contributed by atoms with Gasteiger partial charge >= 0.3 is 0 Å². The van der Waals surface area contributed by atoms with Crippen LogP contribution in [0.5, 0.6) is 0 Å². The number of hydrogen-bond acceptors (Lipinski definition) is 2. The molecule has 36 heavy (non-hydrogen) atoms. The maximum Gasteiger partial charge on any atom is 0.0438 e. The third kappa shape index (κ3) is 7.57. The zero-order chi connectivity index (χ0) is 25.0. The molecule has 4 aromatic rings. The third-order valence-electron chi connectivity index (χ3n) is 7.85. The third-order valence-corrected chi connectivity index (χ3v) is 10.3. The van der Waals surface area contributed by atoms with Gasteiger partial charge in [-0.05, 0) is 48.8 Å². The van der Waals surface area contributed by atoms with Crippen LogP contribution in [-0.2, 0) is 12.8 Å². The van der Waals surface area contributed by atoms with Crippen molar-refractivity contribution in [3.05, 3.63) is 46.8 Å². The first-order valence-corrected chi connectivity index (χ1v) is 16.8. The minimum absolute atomic E-state index is 1.23. The predicted octanol–water partition coefficient (Wildman–Crippen LogP) is 12.6. The van der Waals surface area contributed by atoms with E-state index in [1.54, 1.807) is 15.1 Å². The zero-order valence-electron chi connectivity index (χ0n) is 23.0. The molecule has 0 nitrogen and oxygen atoms in total. The molecule has 0 aliphatic heterocycles. The lowest BCUT2D eigenvalue weighted by atomic mass is 10.0. The predicted molar refractivity (Wildman–Crippen MR) is 167 cm³/mol. The fraction of sp³-hybridized carbons (Fsp3) is 0.588. The number of rotatable bonds is 18. The SMILES string of the molecule is CCCCCCCCCCc1cc2ccc3sc4c(CCCCCCCCCC)cccc4c3c2s1. The average molecular weight is 521 g/mol. The van der Waals surface area contributed by atoms with Gasteiger partial charge in [0.1, 0.15) is 0 Å². The van der Waals surface area contributed by atoms with Gasteiger partial charge in [-0.2, -0.15) is 0 Å². The fourth-order valence-corrected chi connectivity index (χ4v) is 8.27. The van der Waals surface area contributed by atoms with Crippen LogP contribution in [0.2, 0.25) is 0 Å². The molecule has 4 rings (SSSR count). The van der Waals surface area contributed by atoms with E-state index < -0.39 is 0 Å². The second-order valence-corrected chi connectivity index (χ2v) is 13.1. The minimum Gasteiger partial charge on any atom is -0.140 e. The molecule has 2 heteroatoms. The Labute approximate surface area is 228 Å². The van der Waals surface area contributed by atoms with E-state index in [-0.39, 0.29) is 0 Å². The lowest BCUT2D eigenvalue weighted by molar-refractivity contribution is 0.576. The Morgan fingerprint density at radius 1 is 0.556 bits per heavy atom. The normalized spacial score (nSPS) is 11.9. The van der Waals surface area contributed by atoms with Gasteiger partial charge in [-0.25, -0.2) is 0 Å². The van der Waals surface area contributed by atoms with Gasteiger partial charge < -0.3 is 0 Å². The Hall–Kier alpha value is -1.38. The van der Waals surface area contributed by atoms with Crippen molar-refractivity contribution in [1.82, 2.24) is 0 Å². The number of fused-ring (bicyclic) bond motifs is 5. The molecule has 0 radical (unpaired) electrons. The molecule has 0 N–H and O–H groups in total. The quantitative estimate of drug-likeness (QED) is 0.114. The van der Waals surface area contributed by atoms with Crippen molar-refractivity contribution in [2.75, 3.05) is 0 Å². The Kier molecular flexibility index (Phi) is 11.6. The van der Waals surface area contributed by atoms with Gasteiger partial charge in [-0.3, -0.25) is 0 Å². The standard InChI is InChI=1S/C34H48S2/c1-3-5-7-9-11-13-15-17-20-27-21-19-23-30-32-31(36-33(27)30)25-24-28-26-29(35-34(28)32)22-18-16-14-12-10-8-6-4-2/h19,21,23-26H,3-18,20,22H2,1-2H3. The molecule has 0 saturated carbocycles. The van der Waals surface area contributed by atoms with Crippen LogP contribution in [0, 0.1) is 0 Å². The van der Waals surface area contributed by atoms with Crippen molar-refractivity contribution in [3.8, 4) is 0 Å². The van der Waals surface area contributed by atoms with E-state index in [1.165, 1.54) is 141 Å². The van der Waals surface area contributed by atoms with Gasteiger partial charge in [0.15, 0.2) is 0 Å². The highest BCUT2D eigenvalue weighted by Crippen LogP contribution is 2.43. The highest BCUT2D eigenvalue weighted by molar-refractivity contribution is 7.27. The summed E-state index contributed by atoms with van der Waals surface area (Å²) in [5.41, 5.74) is 1.57. The van der Waals surface area contributed by atoms with Crippen molar-refractivity contribution in [2.24, 2.45) is 0 Å². The van der Waals surface area contributed by atoms with E-state index in [2.05, 4.69) is 61.6 Å². The summed E-state index contributed by atoms with van der Waals surface area (Å²) in [6.07, 6.45) is 24.8. The van der Waals surface area contributed by atoms with Crippen molar-refractivity contribution >= 4 is 52.9 Å². The highest BCUT2D eigenvalue weighted by atomic mass is 32.1. The number of benzene rings is 2. The molecule has 0 bridgehead atoms. The van der Waals surface area contributed by atoms with E-state index in [4.69, 9.17) is 0 Å². The molecule has 0 unspecified atom stereocenters. The monoisotopic (exact) mass is 520 g/mol. The molecule has 0 amide bonds. The van der Waals surface area contributed by atoms with Gasteiger partial charge in [0.05, 0.1) is 0 Å². The minimum atomic E-state index is 1.23. The molecule has 0 atom stereocenters. The topological polar surface area (TPSA) is 0 Å². The molecule has 0 fully saturated rings. The Bertz CT molecular complexity index is 1180. The van der Waals surface area contributed by atoms with Crippen molar-refractivity contribution in [1.29, 1.82) is 0 Å². The molecule has 0 spiro atoms. The summed E-state index contributed by atoms with van der Waals surface area (Å²) in [7, 11) is 0. The summed E-state index contributed by atoms with van der Waals surface area (Å²) in [5.74, 6) is 0. The van der Waals surface area contributed by atoms with Gasteiger partial charge in [0.2, 0.25) is 0 Å². The summed E-state index contributed by atoms with van der Waals surface area (Å²) < 4.78 is 4.54. The van der Waals surface area contributed by atoms with Gasteiger partial charge in [-0.1, -0.05) is 128 Å². The van der Waals surface area contributed by atoms with Crippen LogP contribution in [0.15, 0.2) is 36.4 Å². The van der Waals surface area contributed by atoms with Crippen LogP contribution in [0.3, 0.4) is 0 Å². The largest absolute Gasteiger partial charge is 0.140 e. The van der Waals surface area contributed by atoms with Crippen LogP contribution >= 0.6 is 22.7 Å². The van der Waals surface area contributed by atoms with Crippen molar-refractivity contribution in [2.45, 2.75) is 129 Å². The first kappa shape index (κ1) is 27.6. The highest BCUT2D eigenvalue weighted by Gasteiger charge is 2.14. The fourth-order valence-electron chi connectivity index (χ4n) is 5.69. The first-order chi connectivity index (χ1) is 17.8. The molecule has 2 aromatic carbocycles. The van der Waals surface area contributed by atoms with Crippen LogP contribution in [0.25, 0.3) is 30.3 Å². The van der Waals surface area contributed by atoms with Gasteiger partial charge in [0, 0.05) is 29.7 Å². The molecular formula is C34H48S2. The van der Waals surface area contributed by atoms with Crippen LogP contribution in [-0.4, -0.2) is 0 Å². The maximum absolute atomic E-state index is 2.48. The summed E-state index contributed by atoms with van der Waals surface area (Å²) in [6.45, 7) is 4.60. The Morgan fingerprint density at radius 3 is 1.83 bits per heavy atom. The van der Waals surface area contributed by atoms with Crippen LogP contribution in [0.4, 0.5) is 0 Å². The lowest BCUT2D eigenvalue weighted by Gasteiger charge is -2.04. The van der Waals surface area contributed by atoms with E-state index in [0.29, 0.717) is 0 Å². The zero-order valence-corrected chi connectivity index (χ0v) is 24.6. The van der Waals surface area contributed by atoms with E-state index >= 15 is 0 Å². The number of unbranched alkanes of at least 4 members (excludes halogenated alkanes) is 14. The summed E-state index contributed by atoms with van der Waals surface area (Å²) in [5, 5.41) is 4.48. The summed E-state index contributed by atoms with van der Waals surface area (Å²) >= 11 is 4.09. The first-order valence-electron chi connectivity index (χ1n) is 15.2. The van der Waals surface area contributed by atoms with Crippen molar-refractivity contribution < 1.29 is 0 Å². The molecular weight excluding hydrogens is 473 g/mol. The summed E-state index contributed by atoms with van der Waals surface area (Å²) in [6, 6.07) is 14.3. The Balaban J connectivity index is 1.36. The van der Waals surface area contributed by atoms with E-state index in [9.17, 15) is 0 Å². The van der Waals surface area contributed by atoms with Crippen LogP contribution < -0.4 is 0 Å². The number of hydrogen-bond donors (Lipinski definition) is 0. The number of aryl methyl sites for hydroxylation is 2. The summed E-state index contributed by atoms with van der Waals surface area (Å²) in [4.78, 5) is 1.58. The Morgan fingerprint density at radius 2 is 1.17 bits per heavy atom. The van der Waals surface area contributed by atoms with Gasteiger partial charge in [-0.15, -0.1) is 22.7 Å². The second kappa shape index (κ2) is 15.1. The molecule has 0 saturated heterocycles. The van der Waals surface area contributed by atoms with E-state index in [1.807, 2.05) is 11.3 Å².